The summed E-state index contributed by atoms with van der Waals surface area (Å²) in [7, 11) is -1.92. The minimum absolute atomic E-state index is 0.0253. The van der Waals surface area contributed by atoms with Crippen LogP contribution in [0.15, 0.2) is 36.4 Å². The lowest BCUT2D eigenvalue weighted by molar-refractivity contribution is -0.150. The number of rotatable bonds is 5. The van der Waals surface area contributed by atoms with Crippen LogP contribution in [0.4, 0.5) is 0 Å². The van der Waals surface area contributed by atoms with Crippen molar-refractivity contribution in [3.8, 4) is 5.75 Å². The molecule has 2 rings (SSSR count). The van der Waals surface area contributed by atoms with E-state index in [1.54, 1.807) is 6.08 Å². The summed E-state index contributed by atoms with van der Waals surface area (Å²) in [6.45, 7) is 12.4. The van der Waals surface area contributed by atoms with Gasteiger partial charge in [-0.3, -0.25) is 4.79 Å². The third kappa shape index (κ3) is 5.19. The summed E-state index contributed by atoms with van der Waals surface area (Å²) < 4.78 is 17.3. The summed E-state index contributed by atoms with van der Waals surface area (Å²) in [5.41, 5.74) is 0.942. The first-order valence-electron chi connectivity index (χ1n) is 8.94. The third-order valence-electron chi connectivity index (χ3n) is 5.00. The lowest BCUT2D eigenvalue weighted by Gasteiger charge is -2.36. The molecule has 1 aliphatic rings. The number of esters is 1. The molecule has 1 heterocycles. The Labute approximate surface area is 157 Å². The first kappa shape index (κ1) is 20.7. The van der Waals surface area contributed by atoms with Gasteiger partial charge in [0, 0.05) is 6.92 Å². The fourth-order valence-electron chi connectivity index (χ4n) is 2.38. The van der Waals surface area contributed by atoms with Crippen molar-refractivity contribution >= 4 is 14.3 Å². The quantitative estimate of drug-likeness (QED) is 0.477. The number of aliphatic hydroxyl groups excluding tert-OH is 1. The summed E-state index contributed by atoms with van der Waals surface area (Å²) in [6.07, 6.45) is 1.81. The molecule has 0 saturated carbocycles. The molecule has 1 aromatic carbocycles. The minimum atomic E-state index is -1.92. The topological polar surface area (TPSA) is 65.0 Å². The van der Waals surface area contributed by atoms with Gasteiger partial charge in [-0.05, 0) is 35.8 Å². The molecule has 26 heavy (non-hydrogen) atoms. The van der Waals surface area contributed by atoms with Crippen LogP contribution in [0.3, 0.4) is 0 Å². The molecule has 1 N–H and O–H groups in total. The van der Waals surface area contributed by atoms with E-state index in [0.717, 1.165) is 11.3 Å². The van der Waals surface area contributed by atoms with E-state index in [2.05, 4.69) is 33.9 Å². The number of hydrogen-bond donors (Lipinski definition) is 1. The van der Waals surface area contributed by atoms with Gasteiger partial charge in [0.05, 0.1) is 0 Å². The van der Waals surface area contributed by atoms with E-state index in [1.165, 1.54) is 6.92 Å². The fraction of sp³-hybridized carbons (Fsp3) is 0.550. The van der Waals surface area contributed by atoms with Crippen LogP contribution in [-0.4, -0.2) is 38.2 Å². The highest BCUT2D eigenvalue weighted by Crippen LogP contribution is 2.38. The van der Waals surface area contributed by atoms with E-state index in [9.17, 15) is 9.90 Å². The molecule has 0 aliphatic carbocycles. The van der Waals surface area contributed by atoms with Crippen molar-refractivity contribution in [2.24, 2.45) is 0 Å². The normalized spacial score (nSPS) is 23.6. The lowest BCUT2D eigenvalue weighted by Crippen LogP contribution is -2.43. The predicted molar refractivity (Wildman–Crippen MR) is 104 cm³/mol. The Morgan fingerprint density at radius 1 is 1.27 bits per heavy atom. The van der Waals surface area contributed by atoms with Crippen LogP contribution in [0.2, 0.25) is 18.1 Å². The van der Waals surface area contributed by atoms with E-state index < -0.39 is 26.5 Å². The highest BCUT2D eigenvalue weighted by Gasteiger charge is 2.39. The molecule has 0 aromatic heterocycles. The average Bonchev–Trinajstić information content (AvgIpc) is 2.52. The van der Waals surface area contributed by atoms with Gasteiger partial charge in [-0.2, -0.15) is 0 Å². The standard InChI is InChI=1S/C20H30O5Si/c1-14(21)23-13-19-17(22)10-11-18(24-19)15-8-7-9-16(12-15)25-26(5,6)20(2,3)4/h7-12,17-19,22H,13H2,1-6H3/t17-,18-,19+/m0/s1. The van der Waals surface area contributed by atoms with E-state index in [1.807, 2.05) is 30.3 Å². The van der Waals surface area contributed by atoms with Crippen LogP contribution < -0.4 is 4.43 Å². The van der Waals surface area contributed by atoms with Gasteiger partial charge in [-0.25, -0.2) is 0 Å². The second-order valence-electron chi connectivity index (χ2n) is 8.21. The number of hydrogen-bond acceptors (Lipinski definition) is 5. The molecule has 0 radical (unpaired) electrons. The maximum atomic E-state index is 11.0. The summed E-state index contributed by atoms with van der Waals surface area (Å²) in [6, 6.07) is 7.85. The molecule has 144 valence electrons. The van der Waals surface area contributed by atoms with Crippen LogP contribution >= 0.6 is 0 Å². The second-order valence-corrected chi connectivity index (χ2v) is 12.9. The molecule has 0 amide bonds. The molecular formula is C20H30O5Si. The summed E-state index contributed by atoms with van der Waals surface area (Å²) in [5, 5.41) is 10.1. The second kappa shape index (κ2) is 7.94. The molecule has 0 spiro atoms. The predicted octanol–water partition coefficient (Wildman–Crippen LogP) is 3.99. The number of aliphatic hydroxyl groups is 1. The van der Waals surface area contributed by atoms with Crippen molar-refractivity contribution in [2.75, 3.05) is 6.61 Å². The molecule has 6 heteroatoms. The van der Waals surface area contributed by atoms with Gasteiger partial charge in [-0.1, -0.05) is 45.1 Å². The zero-order valence-corrected chi connectivity index (χ0v) is 17.5. The summed E-state index contributed by atoms with van der Waals surface area (Å²) >= 11 is 0. The number of ether oxygens (including phenoxy) is 2. The zero-order valence-electron chi connectivity index (χ0n) is 16.5. The largest absolute Gasteiger partial charge is 0.543 e. The van der Waals surface area contributed by atoms with Gasteiger partial charge in [0.1, 0.15) is 30.7 Å². The van der Waals surface area contributed by atoms with Crippen LogP contribution in [0.25, 0.3) is 0 Å². The summed E-state index contributed by atoms with van der Waals surface area (Å²) in [5.74, 6) is 0.436. The molecule has 3 atom stereocenters. The SMILES string of the molecule is CC(=O)OC[C@H]1O[C@H](c2cccc(O[Si](C)(C)C(C)(C)C)c2)C=C[C@@H]1O. The highest BCUT2D eigenvalue weighted by molar-refractivity contribution is 6.74. The Hall–Kier alpha value is -1.63. The summed E-state index contributed by atoms with van der Waals surface area (Å²) in [4.78, 5) is 11.0. The van der Waals surface area contributed by atoms with Crippen molar-refractivity contribution in [3.05, 3.63) is 42.0 Å². The van der Waals surface area contributed by atoms with E-state index in [0.29, 0.717) is 0 Å². The number of benzene rings is 1. The minimum Gasteiger partial charge on any atom is -0.543 e. The Bertz CT molecular complexity index is 662. The Balaban J connectivity index is 2.14. The van der Waals surface area contributed by atoms with Gasteiger partial charge in [0.2, 0.25) is 8.32 Å². The molecule has 0 bridgehead atoms. The average molecular weight is 379 g/mol. The molecule has 0 saturated heterocycles. The number of carbonyl (C=O) groups is 1. The van der Waals surface area contributed by atoms with E-state index >= 15 is 0 Å². The maximum Gasteiger partial charge on any atom is 0.302 e. The maximum absolute atomic E-state index is 11.0. The van der Waals surface area contributed by atoms with Crippen LogP contribution in [0.1, 0.15) is 39.4 Å². The Kier molecular flexibility index (Phi) is 6.32. The van der Waals surface area contributed by atoms with Gasteiger partial charge in [0.15, 0.2) is 0 Å². The smallest absolute Gasteiger partial charge is 0.302 e. The Morgan fingerprint density at radius 2 is 1.96 bits per heavy atom. The first-order chi connectivity index (χ1) is 12.0. The van der Waals surface area contributed by atoms with Crippen LogP contribution in [-0.2, 0) is 14.3 Å². The molecule has 1 aliphatic heterocycles. The van der Waals surface area contributed by atoms with E-state index in [4.69, 9.17) is 13.9 Å². The van der Waals surface area contributed by atoms with Crippen molar-refractivity contribution in [1.82, 2.24) is 0 Å². The Morgan fingerprint density at radius 3 is 2.58 bits per heavy atom. The van der Waals surface area contributed by atoms with Crippen molar-refractivity contribution in [1.29, 1.82) is 0 Å². The first-order valence-corrected chi connectivity index (χ1v) is 11.8. The fourth-order valence-corrected chi connectivity index (χ4v) is 3.41. The van der Waals surface area contributed by atoms with Crippen molar-refractivity contribution in [3.63, 3.8) is 0 Å². The highest BCUT2D eigenvalue weighted by atomic mass is 28.4. The van der Waals surface area contributed by atoms with Gasteiger partial charge >= 0.3 is 5.97 Å². The van der Waals surface area contributed by atoms with Gasteiger partial charge in [0.25, 0.3) is 0 Å². The monoisotopic (exact) mass is 378 g/mol. The molecular weight excluding hydrogens is 348 g/mol. The van der Waals surface area contributed by atoms with Crippen molar-refractivity contribution < 1.29 is 23.8 Å². The van der Waals surface area contributed by atoms with Crippen LogP contribution in [0, 0.1) is 0 Å². The lowest BCUT2D eigenvalue weighted by atomic mass is 10.0. The molecule has 0 fully saturated rings. The zero-order chi connectivity index (χ0) is 19.5. The third-order valence-corrected chi connectivity index (χ3v) is 9.36. The van der Waals surface area contributed by atoms with E-state index in [-0.39, 0.29) is 17.7 Å². The number of carbonyl (C=O) groups excluding carboxylic acids is 1. The van der Waals surface area contributed by atoms with Crippen molar-refractivity contribution in [2.45, 2.75) is 64.1 Å². The molecule has 5 nitrogen and oxygen atoms in total. The molecule has 0 unspecified atom stereocenters. The molecule has 1 aromatic rings. The van der Waals surface area contributed by atoms with Crippen LogP contribution in [0.5, 0.6) is 5.75 Å². The van der Waals surface area contributed by atoms with Gasteiger partial charge < -0.3 is 19.0 Å². The van der Waals surface area contributed by atoms with Gasteiger partial charge in [-0.15, -0.1) is 0 Å².